The zero-order chi connectivity index (χ0) is 11.1. The van der Waals surface area contributed by atoms with Crippen LogP contribution in [-0.4, -0.2) is 6.04 Å². The topological polar surface area (TPSA) is 12.0 Å². The first-order valence-electron chi connectivity index (χ1n) is 5.17. The van der Waals surface area contributed by atoms with Gasteiger partial charge in [-0.1, -0.05) is 35.0 Å². The van der Waals surface area contributed by atoms with Gasteiger partial charge in [-0.25, -0.2) is 0 Å². The van der Waals surface area contributed by atoms with E-state index < -0.39 is 0 Å². The molecule has 0 aliphatic heterocycles. The van der Waals surface area contributed by atoms with E-state index >= 15 is 0 Å². The summed E-state index contributed by atoms with van der Waals surface area (Å²) in [5.74, 6) is 2.69. The molecule has 1 atom stereocenters. The summed E-state index contributed by atoms with van der Waals surface area (Å²) in [6.45, 7) is 3.03. The average Bonchev–Trinajstić information content (AvgIpc) is 2.26. The number of hydrogen-bond acceptors (Lipinski definition) is 1. The molecule has 15 heavy (non-hydrogen) atoms. The minimum Gasteiger partial charge on any atom is -0.309 e. The first-order valence-corrected chi connectivity index (χ1v) is 5.96. The molecule has 0 aliphatic rings. The van der Waals surface area contributed by atoms with Gasteiger partial charge in [0.25, 0.3) is 0 Å². The second-order valence-corrected chi connectivity index (χ2v) is 4.44. The standard InChI is InChI=1S/C13H16BrN/c1-3-5-13(4-2)15-10-11-6-8-12(14)9-7-11/h1,6-9,13,15H,4-5,10H2,2H3. The van der Waals surface area contributed by atoms with Crippen molar-refractivity contribution < 1.29 is 0 Å². The van der Waals surface area contributed by atoms with E-state index in [1.54, 1.807) is 0 Å². The smallest absolute Gasteiger partial charge is 0.0240 e. The highest BCUT2D eigenvalue weighted by atomic mass is 79.9. The van der Waals surface area contributed by atoms with Gasteiger partial charge < -0.3 is 5.32 Å². The first kappa shape index (κ1) is 12.3. The van der Waals surface area contributed by atoms with Gasteiger partial charge in [-0.2, -0.15) is 0 Å². The summed E-state index contributed by atoms with van der Waals surface area (Å²) < 4.78 is 1.11. The van der Waals surface area contributed by atoms with Gasteiger partial charge in [-0.05, 0) is 24.1 Å². The molecular weight excluding hydrogens is 250 g/mol. The van der Waals surface area contributed by atoms with E-state index in [1.807, 2.05) is 0 Å². The third kappa shape index (κ3) is 4.51. The second kappa shape index (κ2) is 6.66. The van der Waals surface area contributed by atoms with Crippen LogP contribution < -0.4 is 5.32 Å². The molecule has 0 radical (unpaired) electrons. The summed E-state index contributed by atoms with van der Waals surface area (Å²) in [5.41, 5.74) is 1.29. The monoisotopic (exact) mass is 265 g/mol. The van der Waals surface area contributed by atoms with E-state index in [1.165, 1.54) is 5.56 Å². The minimum atomic E-state index is 0.429. The lowest BCUT2D eigenvalue weighted by atomic mass is 10.1. The van der Waals surface area contributed by atoms with Gasteiger partial charge in [-0.15, -0.1) is 12.3 Å². The molecule has 0 heterocycles. The Labute approximate surface area is 100 Å². The van der Waals surface area contributed by atoms with Crippen molar-refractivity contribution in [3.05, 3.63) is 34.3 Å². The van der Waals surface area contributed by atoms with Crippen LogP contribution in [0.3, 0.4) is 0 Å². The highest BCUT2D eigenvalue weighted by molar-refractivity contribution is 9.10. The van der Waals surface area contributed by atoms with Gasteiger partial charge in [0.05, 0.1) is 0 Å². The molecule has 1 nitrogen and oxygen atoms in total. The summed E-state index contributed by atoms with van der Waals surface area (Å²) >= 11 is 3.42. The van der Waals surface area contributed by atoms with Crippen molar-refractivity contribution in [1.29, 1.82) is 0 Å². The van der Waals surface area contributed by atoms with E-state index in [0.29, 0.717) is 6.04 Å². The third-order valence-corrected chi connectivity index (χ3v) is 2.89. The Hall–Kier alpha value is -0.780. The minimum absolute atomic E-state index is 0.429. The normalized spacial score (nSPS) is 12.1. The predicted octanol–water partition coefficient (Wildman–Crippen LogP) is 3.34. The van der Waals surface area contributed by atoms with Crippen molar-refractivity contribution in [2.24, 2.45) is 0 Å². The van der Waals surface area contributed by atoms with Crippen molar-refractivity contribution in [2.45, 2.75) is 32.4 Å². The fourth-order valence-electron chi connectivity index (χ4n) is 1.37. The van der Waals surface area contributed by atoms with Crippen molar-refractivity contribution in [2.75, 3.05) is 0 Å². The lowest BCUT2D eigenvalue weighted by Crippen LogP contribution is -2.27. The molecule has 1 unspecified atom stereocenters. The van der Waals surface area contributed by atoms with Gasteiger partial charge in [0, 0.05) is 23.5 Å². The SMILES string of the molecule is C#CCC(CC)NCc1ccc(Br)cc1. The maximum absolute atomic E-state index is 5.30. The summed E-state index contributed by atoms with van der Waals surface area (Å²) in [4.78, 5) is 0. The summed E-state index contributed by atoms with van der Waals surface area (Å²) in [6.07, 6.45) is 7.17. The van der Waals surface area contributed by atoms with Crippen LogP contribution in [0.4, 0.5) is 0 Å². The van der Waals surface area contributed by atoms with E-state index in [4.69, 9.17) is 6.42 Å². The average molecular weight is 266 g/mol. The summed E-state index contributed by atoms with van der Waals surface area (Å²) in [6, 6.07) is 8.76. The van der Waals surface area contributed by atoms with E-state index in [2.05, 4.69) is 58.4 Å². The molecular formula is C13H16BrN. The van der Waals surface area contributed by atoms with Crippen molar-refractivity contribution in [3.63, 3.8) is 0 Å². The van der Waals surface area contributed by atoms with Gasteiger partial charge in [0.15, 0.2) is 0 Å². The van der Waals surface area contributed by atoms with Crippen LogP contribution in [-0.2, 0) is 6.54 Å². The molecule has 0 aliphatic carbocycles. The fourth-order valence-corrected chi connectivity index (χ4v) is 1.63. The number of terminal acetylenes is 1. The Morgan fingerprint density at radius 3 is 2.60 bits per heavy atom. The Kier molecular flexibility index (Phi) is 5.45. The van der Waals surface area contributed by atoms with E-state index in [9.17, 15) is 0 Å². The van der Waals surface area contributed by atoms with Crippen LogP contribution in [0.5, 0.6) is 0 Å². The number of hydrogen-bond donors (Lipinski definition) is 1. The molecule has 0 saturated carbocycles. The Balaban J connectivity index is 2.42. The lowest BCUT2D eigenvalue weighted by Gasteiger charge is -2.13. The summed E-state index contributed by atoms with van der Waals surface area (Å²) in [5, 5.41) is 3.45. The van der Waals surface area contributed by atoms with Crippen LogP contribution in [0.15, 0.2) is 28.7 Å². The zero-order valence-corrected chi connectivity index (χ0v) is 10.5. The maximum atomic E-state index is 5.30. The number of nitrogens with one attached hydrogen (secondary N) is 1. The molecule has 0 saturated heterocycles. The Bertz CT molecular complexity index is 323. The van der Waals surface area contributed by atoms with Gasteiger partial charge in [-0.3, -0.25) is 0 Å². The molecule has 0 bridgehead atoms. The first-order chi connectivity index (χ1) is 7.26. The molecule has 1 aromatic rings. The highest BCUT2D eigenvalue weighted by Gasteiger charge is 2.02. The second-order valence-electron chi connectivity index (χ2n) is 3.52. The highest BCUT2D eigenvalue weighted by Crippen LogP contribution is 2.10. The molecule has 0 fully saturated rings. The van der Waals surface area contributed by atoms with Gasteiger partial charge >= 0.3 is 0 Å². The molecule has 1 rings (SSSR count). The Morgan fingerprint density at radius 1 is 1.40 bits per heavy atom. The van der Waals surface area contributed by atoms with Crippen LogP contribution in [0.1, 0.15) is 25.3 Å². The van der Waals surface area contributed by atoms with Crippen molar-refractivity contribution in [1.82, 2.24) is 5.32 Å². The molecule has 1 N–H and O–H groups in total. The quantitative estimate of drug-likeness (QED) is 0.806. The van der Waals surface area contributed by atoms with Gasteiger partial charge in [0.2, 0.25) is 0 Å². The van der Waals surface area contributed by atoms with Crippen molar-refractivity contribution in [3.8, 4) is 12.3 Å². The third-order valence-electron chi connectivity index (χ3n) is 2.37. The van der Waals surface area contributed by atoms with Crippen molar-refractivity contribution >= 4 is 15.9 Å². The molecule has 80 valence electrons. The fraction of sp³-hybridized carbons (Fsp3) is 0.385. The maximum Gasteiger partial charge on any atom is 0.0240 e. The van der Waals surface area contributed by atoms with E-state index in [-0.39, 0.29) is 0 Å². The largest absolute Gasteiger partial charge is 0.309 e. The van der Waals surface area contributed by atoms with Crippen LogP contribution >= 0.6 is 15.9 Å². The van der Waals surface area contributed by atoms with Crippen LogP contribution in [0, 0.1) is 12.3 Å². The van der Waals surface area contributed by atoms with Gasteiger partial charge in [0.1, 0.15) is 0 Å². The molecule has 0 amide bonds. The molecule has 1 aromatic carbocycles. The predicted molar refractivity (Wildman–Crippen MR) is 68.5 cm³/mol. The molecule has 2 heteroatoms. The van der Waals surface area contributed by atoms with Crippen LogP contribution in [0.2, 0.25) is 0 Å². The van der Waals surface area contributed by atoms with E-state index in [0.717, 1.165) is 23.9 Å². The number of rotatable bonds is 5. The summed E-state index contributed by atoms with van der Waals surface area (Å²) in [7, 11) is 0. The number of benzene rings is 1. The van der Waals surface area contributed by atoms with Crippen LogP contribution in [0.25, 0.3) is 0 Å². The number of halogens is 1. The zero-order valence-electron chi connectivity index (χ0n) is 8.96. The Morgan fingerprint density at radius 2 is 2.07 bits per heavy atom. The molecule has 0 spiro atoms. The lowest BCUT2D eigenvalue weighted by molar-refractivity contribution is 0.507. The molecule has 0 aromatic heterocycles.